The number of nitrogens with one attached hydrogen (secondary N) is 4. The smallest absolute Gasteiger partial charge is 0.328 e. The third-order valence-corrected chi connectivity index (χ3v) is 5.20. The maximum Gasteiger partial charge on any atom is 0.328 e. The fourth-order valence-electron chi connectivity index (χ4n) is 3.12. The summed E-state index contributed by atoms with van der Waals surface area (Å²) in [5, 5.41) is 31.0. The normalized spacial score (nSPS) is 13.6. The van der Waals surface area contributed by atoms with Crippen molar-refractivity contribution in [2.75, 3.05) is 32.8 Å². The van der Waals surface area contributed by atoms with Crippen LogP contribution in [-0.2, 0) is 4.79 Å². The number of hydrogen-bond acceptors (Lipinski definition) is 8. The van der Waals surface area contributed by atoms with E-state index in [4.69, 9.17) is 16.3 Å². The van der Waals surface area contributed by atoms with Crippen molar-refractivity contribution < 1.29 is 29.3 Å². The van der Waals surface area contributed by atoms with Gasteiger partial charge < -0.3 is 36.2 Å². The number of aliphatic carboxylic acids is 1. The minimum Gasteiger partial charge on any atom is -0.507 e. The molecule has 0 unspecified atom stereocenters. The number of guanidine groups is 1. The third-order valence-electron chi connectivity index (χ3n) is 4.95. The van der Waals surface area contributed by atoms with Gasteiger partial charge >= 0.3 is 5.97 Å². The van der Waals surface area contributed by atoms with Crippen molar-refractivity contribution in [2.24, 2.45) is 4.99 Å². The molecule has 0 aliphatic carbocycles. The summed E-state index contributed by atoms with van der Waals surface area (Å²) in [5.41, 5.74) is 0.155. The first-order valence-electron chi connectivity index (χ1n) is 10.9. The number of benzene rings is 2. The molecule has 35 heavy (non-hydrogen) atoms. The monoisotopic (exact) mass is 503 g/mol. The van der Waals surface area contributed by atoms with Crippen LogP contribution in [0.4, 0.5) is 0 Å². The zero-order chi connectivity index (χ0) is 25.2. The molecule has 0 fully saturated rings. The van der Waals surface area contributed by atoms with Gasteiger partial charge in [0.2, 0.25) is 0 Å². The molecule has 2 aromatic carbocycles. The molecule has 0 saturated carbocycles. The van der Waals surface area contributed by atoms with Crippen LogP contribution < -0.4 is 26.0 Å². The number of hydrogen-bond donors (Lipinski definition) is 6. The third kappa shape index (κ3) is 7.78. The van der Waals surface area contributed by atoms with Crippen LogP contribution in [0.25, 0.3) is 0 Å². The summed E-state index contributed by atoms with van der Waals surface area (Å²) in [5.74, 6) is -1.92. The Morgan fingerprint density at radius 1 is 1.14 bits per heavy atom. The molecule has 2 amide bonds. The molecule has 1 aliphatic rings. The highest BCUT2D eigenvalue weighted by Gasteiger charge is 2.22. The first-order valence-corrected chi connectivity index (χ1v) is 11.3. The standard InChI is InChI=1S/C23H26ClN5O6/c24-15-4-2-14(3-5-15)20(31)29-18(22(33)34)13-28-21(32)17-7-6-16(12-19(17)30)35-11-10-27-23-25-8-1-9-26-23/h2-7,12,18,30H,1,8-11,13H2,(H,28,32)(H,29,31)(H,33,34)(H2,25,26,27)/t18-/m0/s1. The van der Waals surface area contributed by atoms with Crippen LogP contribution in [0.3, 0.4) is 0 Å². The van der Waals surface area contributed by atoms with Gasteiger partial charge in [0.15, 0.2) is 5.96 Å². The Kier molecular flexibility index (Phi) is 9.13. The van der Waals surface area contributed by atoms with Crippen LogP contribution in [0.5, 0.6) is 11.5 Å². The second-order valence-electron chi connectivity index (χ2n) is 7.55. The zero-order valence-corrected chi connectivity index (χ0v) is 19.5. The number of phenolic OH excluding ortho intramolecular Hbond substituents is 1. The molecule has 0 radical (unpaired) electrons. The number of halogens is 1. The van der Waals surface area contributed by atoms with Crippen molar-refractivity contribution in [3.63, 3.8) is 0 Å². The van der Waals surface area contributed by atoms with Crippen molar-refractivity contribution in [1.82, 2.24) is 21.3 Å². The Morgan fingerprint density at radius 2 is 1.91 bits per heavy atom. The summed E-state index contributed by atoms with van der Waals surface area (Å²) >= 11 is 5.79. The van der Waals surface area contributed by atoms with E-state index in [1.165, 1.54) is 42.5 Å². The Morgan fingerprint density at radius 3 is 2.57 bits per heavy atom. The number of carbonyl (C=O) groups is 3. The lowest BCUT2D eigenvalue weighted by atomic mass is 10.1. The highest BCUT2D eigenvalue weighted by Crippen LogP contribution is 2.23. The van der Waals surface area contributed by atoms with Gasteiger partial charge in [-0.25, -0.2) is 4.79 Å². The zero-order valence-electron chi connectivity index (χ0n) is 18.7. The molecular weight excluding hydrogens is 478 g/mol. The fraction of sp³-hybridized carbons (Fsp3) is 0.304. The van der Waals surface area contributed by atoms with Crippen molar-refractivity contribution in [3.05, 3.63) is 58.6 Å². The first-order chi connectivity index (χ1) is 16.8. The highest BCUT2D eigenvalue weighted by atomic mass is 35.5. The van der Waals surface area contributed by atoms with Crippen LogP contribution in [-0.4, -0.2) is 72.8 Å². The molecule has 1 atom stereocenters. The molecule has 0 saturated heterocycles. The average molecular weight is 504 g/mol. The van der Waals surface area contributed by atoms with Crippen LogP contribution in [0.1, 0.15) is 27.1 Å². The van der Waals surface area contributed by atoms with Gasteiger partial charge in [-0.15, -0.1) is 0 Å². The largest absolute Gasteiger partial charge is 0.507 e. The summed E-state index contributed by atoms with van der Waals surface area (Å²) in [6.45, 7) is 2.04. The summed E-state index contributed by atoms with van der Waals surface area (Å²) in [4.78, 5) is 40.6. The maximum absolute atomic E-state index is 12.5. The van der Waals surface area contributed by atoms with Crippen LogP contribution in [0.15, 0.2) is 47.5 Å². The lowest BCUT2D eigenvalue weighted by molar-refractivity contribution is -0.139. The van der Waals surface area contributed by atoms with Crippen molar-refractivity contribution in [1.29, 1.82) is 0 Å². The topological polar surface area (TPSA) is 161 Å². The summed E-state index contributed by atoms with van der Waals surface area (Å²) in [7, 11) is 0. The van der Waals surface area contributed by atoms with E-state index in [1.807, 2.05) is 0 Å². The van der Waals surface area contributed by atoms with Gasteiger partial charge in [-0.05, 0) is 42.8 Å². The lowest BCUT2D eigenvalue weighted by Gasteiger charge is -2.17. The highest BCUT2D eigenvalue weighted by molar-refractivity contribution is 6.30. The van der Waals surface area contributed by atoms with E-state index < -0.39 is 30.4 Å². The van der Waals surface area contributed by atoms with Gasteiger partial charge in [0.05, 0.1) is 12.1 Å². The number of amides is 2. The predicted molar refractivity (Wildman–Crippen MR) is 129 cm³/mol. The van der Waals surface area contributed by atoms with Crippen molar-refractivity contribution in [2.45, 2.75) is 12.5 Å². The molecule has 11 nitrogen and oxygen atoms in total. The SMILES string of the molecule is O=C(N[C@@H](CNC(=O)c1ccc(OCCNC2=NCCCN2)cc1O)C(=O)O)c1ccc(Cl)cc1. The molecule has 2 aromatic rings. The number of aromatic hydroxyl groups is 1. The van der Waals surface area contributed by atoms with Gasteiger partial charge in [-0.2, -0.15) is 0 Å². The number of phenols is 1. The number of aliphatic imine (C=N–C) groups is 1. The number of ether oxygens (including phenoxy) is 1. The Hall–Kier alpha value is -3.99. The lowest BCUT2D eigenvalue weighted by Crippen LogP contribution is -2.48. The molecule has 12 heteroatoms. The number of carboxylic acid groups (broad SMARTS) is 1. The number of nitrogens with zero attached hydrogens (tertiary/aromatic N) is 1. The van der Waals surface area contributed by atoms with Crippen LogP contribution in [0, 0.1) is 0 Å². The van der Waals surface area contributed by atoms with E-state index in [9.17, 15) is 24.6 Å². The van der Waals surface area contributed by atoms with Gasteiger partial charge in [0, 0.05) is 36.3 Å². The summed E-state index contributed by atoms with van der Waals surface area (Å²) in [6.07, 6.45) is 0.996. The van der Waals surface area contributed by atoms with Gasteiger partial charge in [0.1, 0.15) is 24.1 Å². The van der Waals surface area contributed by atoms with E-state index >= 15 is 0 Å². The molecular formula is C23H26ClN5O6. The summed E-state index contributed by atoms with van der Waals surface area (Å²) < 4.78 is 5.56. The van der Waals surface area contributed by atoms with Gasteiger partial charge in [-0.1, -0.05) is 11.6 Å². The van der Waals surface area contributed by atoms with Crippen molar-refractivity contribution in [3.8, 4) is 11.5 Å². The quantitative estimate of drug-likeness (QED) is 0.261. The molecule has 1 heterocycles. The predicted octanol–water partition coefficient (Wildman–Crippen LogP) is 0.976. The molecule has 3 rings (SSSR count). The Labute approximate surface area is 206 Å². The molecule has 0 aromatic heterocycles. The number of carboxylic acids is 1. The minimum atomic E-state index is -1.39. The second kappa shape index (κ2) is 12.5. The minimum absolute atomic E-state index is 0.0654. The molecule has 0 bridgehead atoms. The fourth-order valence-corrected chi connectivity index (χ4v) is 3.24. The molecule has 1 aliphatic heterocycles. The second-order valence-corrected chi connectivity index (χ2v) is 7.98. The van der Waals surface area contributed by atoms with E-state index in [0.717, 1.165) is 25.5 Å². The van der Waals surface area contributed by atoms with Gasteiger partial charge in [0.25, 0.3) is 11.8 Å². The molecule has 186 valence electrons. The molecule has 0 spiro atoms. The van der Waals surface area contributed by atoms with Crippen molar-refractivity contribution >= 4 is 35.3 Å². The van der Waals surface area contributed by atoms with E-state index in [-0.39, 0.29) is 16.9 Å². The Balaban J connectivity index is 1.49. The van der Waals surface area contributed by atoms with Crippen LogP contribution >= 0.6 is 11.6 Å². The van der Waals surface area contributed by atoms with Gasteiger partial charge in [-0.3, -0.25) is 14.6 Å². The molecule has 6 N–H and O–H groups in total. The number of carbonyl (C=O) groups excluding carboxylic acids is 2. The van der Waals surface area contributed by atoms with E-state index in [2.05, 4.69) is 26.3 Å². The number of rotatable bonds is 10. The van der Waals surface area contributed by atoms with E-state index in [1.54, 1.807) is 0 Å². The Bertz CT molecular complexity index is 1090. The van der Waals surface area contributed by atoms with Crippen LogP contribution in [0.2, 0.25) is 5.02 Å². The average Bonchev–Trinajstić information content (AvgIpc) is 2.85. The summed E-state index contributed by atoms with van der Waals surface area (Å²) in [6, 6.07) is 8.70. The van der Waals surface area contributed by atoms with E-state index in [0.29, 0.717) is 23.9 Å². The maximum atomic E-state index is 12.5. The first kappa shape index (κ1) is 25.6.